The highest BCUT2D eigenvalue weighted by atomic mass is 79.9. The van der Waals surface area contributed by atoms with Crippen molar-refractivity contribution in [2.75, 3.05) is 11.9 Å². The monoisotopic (exact) mass is 297 g/mol. The maximum Gasteiger partial charge on any atom is 0.0819 e. The van der Waals surface area contributed by atoms with Crippen LogP contribution in [0.3, 0.4) is 0 Å². The molecule has 2 N–H and O–H groups in total. The van der Waals surface area contributed by atoms with E-state index in [9.17, 15) is 5.11 Å². The van der Waals surface area contributed by atoms with E-state index >= 15 is 0 Å². The average molecular weight is 298 g/mol. The van der Waals surface area contributed by atoms with Gasteiger partial charge in [-0.2, -0.15) is 0 Å². The van der Waals surface area contributed by atoms with Crippen molar-refractivity contribution in [3.63, 3.8) is 0 Å². The molecule has 1 aliphatic rings. The fourth-order valence-electron chi connectivity index (χ4n) is 2.45. The van der Waals surface area contributed by atoms with Gasteiger partial charge in [0.05, 0.1) is 5.60 Å². The van der Waals surface area contributed by atoms with Crippen LogP contribution in [-0.2, 0) is 0 Å². The minimum Gasteiger partial charge on any atom is -0.388 e. The second kappa shape index (κ2) is 5.40. The molecule has 0 aromatic heterocycles. The SMILES string of the molecule is Cc1c(Br)cccc1NCC1(O)CCCCC1. The van der Waals surface area contributed by atoms with Gasteiger partial charge in [-0.1, -0.05) is 41.3 Å². The predicted octanol–water partition coefficient (Wildman–Crippen LogP) is 3.86. The number of anilines is 1. The van der Waals surface area contributed by atoms with Crippen LogP contribution in [0, 0.1) is 6.92 Å². The third-order valence-corrected chi connectivity index (χ3v) is 4.52. The molecule has 1 saturated carbocycles. The molecule has 1 aliphatic carbocycles. The van der Waals surface area contributed by atoms with Crippen LogP contribution >= 0.6 is 15.9 Å². The Bertz CT molecular complexity index is 386. The lowest BCUT2D eigenvalue weighted by Crippen LogP contribution is -2.38. The number of aliphatic hydroxyl groups is 1. The average Bonchev–Trinajstić information content (AvgIpc) is 2.32. The lowest BCUT2D eigenvalue weighted by Gasteiger charge is -2.32. The number of benzene rings is 1. The van der Waals surface area contributed by atoms with Crippen LogP contribution in [-0.4, -0.2) is 17.3 Å². The molecule has 0 radical (unpaired) electrons. The Kier molecular flexibility index (Phi) is 4.10. The summed E-state index contributed by atoms with van der Waals surface area (Å²) in [5.74, 6) is 0. The van der Waals surface area contributed by atoms with Gasteiger partial charge in [-0.05, 0) is 37.5 Å². The minimum atomic E-state index is -0.507. The summed E-state index contributed by atoms with van der Waals surface area (Å²) in [6.45, 7) is 2.74. The Morgan fingerprint density at radius 3 is 2.71 bits per heavy atom. The molecule has 2 nitrogen and oxygen atoms in total. The van der Waals surface area contributed by atoms with Gasteiger partial charge in [0.15, 0.2) is 0 Å². The zero-order valence-corrected chi connectivity index (χ0v) is 11.9. The fourth-order valence-corrected chi connectivity index (χ4v) is 2.81. The van der Waals surface area contributed by atoms with Gasteiger partial charge >= 0.3 is 0 Å². The van der Waals surface area contributed by atoms with Gasteiger partial charge in [0.2, 0.25) is 0 Å². The first-order chi connectivity index (χ1) is 8.11. The molecule has 0 saturated heterocycles. The van der Waals surface area contributed by atoms with Crippen molar-refractivity contribution in [3.8, 4) is 0 Å². The number of rotatable bonds is 3. The normalized spacial score (nSPS) is 19.0. The number of hydrogen-bond donors (Lipinski definition) is 2. The Morgan fingerprint density at radius 2 is 2.00 bits per heavy atom. The molecular formula is C14H20BrNO. The van der Waals surface area contributed by atoms with Gasteiger partial charge in [0, 0.05) is 16.7 Å². The highest BCUT2D eigenvalue weighted by Crippen LogP contribution is 2.29. The molecule has 0 heterocycles. The van der Waals surface area contributed by atoms with E-state index in [1.54, 1.807) is 0 Å². The Labute approximate surface area is 112 Å². The topological polar surface area (TPSA) is 32.3 Å². The molecule has 0 bridgehead atoms. The van der Waals surface area contributed by atoms with Crippen molar-refractivity contribution in [3.05, 3.63) is 28.2 Å². The Morgan fingerprint density at radius 1 is 1.29 bits per heavy atom. The summed E-state index contributed by atoms with van der Waals surface area (Å²) < 4.78 is 1.11. The first kappa shape index (κ1) is 12.9. The molecule has 0 unspecified atom stereocenters. The number of hydrogen-bond acceptors (Lipinski definition) is 2. The van der Waals surface area contributed by atoms with Crippen LogP contribution in [0.4, 0.5) is 5.69 Å². The summed E-state index contributed by atoms with van der Waals surface area (Å²) >= 11 is 3.52. The molecule has 1 fully saturated rings. The highest BCUT2D eigenvalue weighted by molar-refractivity contribution is 9.10. The Balaban J connectivity index is 1.99. The van der Waals surface area contributed by atoms with Crippen molar-refractivity contribution in [2.24, 2.45) is 0 Å². The van der Waals surface area contributed by atoms with E-state index < -0.39 is 5.60 Å². The zero-order valence-electron chi connectivity index (χ0n) is 10.3. The lowest BCUT2D eigenvalue weighted by molar-refractivity contribution is 0.0167. The van der Waals surface area contributed by atoms with Gasteiger partial charge in [-0.15, -0.1) is 0 Å². The molecule has 1 aromatic rings. The maximum absolute atomic E-state index is 10.4. The van der Waals surface area contributed by atoms with Gasteiger partial charge in [-0.3, -0.25) is 0 Å². The Hall–Kier alpha value is -0.540. The summed E-state index contributed by atoms with van der Waals surface area (Å²) in [6, 6.07) is 6.12. The third-order valence-electron chi connectivity index (χ3n) is 3.66. The van der Waals surface area contributed by atoms with Crippen molar-refractivity contribution in [1.82, 2.24) is 0 Å². The smallest absolute Gasteiger partial charge is 0.0819 e. The molecule has 0 atom stereocenters. The van der Waals surface area contributed by atoms with Crippen molar-refractivity contribution >= 4 is 21.6 Å². The largest absolute Gasteiger partial charge is 0.388 e. The molecule has 94 valence electrons. The zero-order chi connectivity index (χ0) is 12.3. The fraction of sp³-hybridized carbons (Fsp3) is 0.571. The van der Waals surface area contributed by atoms with Crippen molar-refractivity contribution in [2.45, 2.75) is 44.6 Å². The molecule has 0 spiro atoms. The molecule has 2 rings (SSSR count). The minimum absolute atomic E-state index is 0.507. The molecule has 1 aromatic carbocycles. The highest BCUT2D eigenvalue weighted by Gasteiger charge is 2.28. The van der Waals surface area contributed by atoms with Crippen LogP contribution in [0.15, 0.2) is 22.7 Å². The molecule has 0 amide bonds. The van der Waals surface area contributed by atoms with Crippen LogP contribution < -0.4 is 5.32 Å². The van der Waals surface area contributed by atoms with E-state index in [1.807, 2.05) is 12.1 Å². The summed E-state index contributed by atoms with van der Waals surface area (Å²) in [5, 5.41) is 13.8. The van der Waals surface area contributed by atoms with E-state index in [0.29, 0.717) is 6.54 Å². The molecular weight excluding hydrogens is 278 g/mol. The van der Waals surface area contributed by atoms with Gasteiger partial charge in [0.25, 0.3) is 0 Å². The first-order valence-electron chi connectivity index (χ1n) is 6.32. The van der Waals surface area contributed by atoms with Crippen LogP contribution in [0.5, 0.6) is 0 Å². The molecule has 0 aliphatic heterocycles. The summed E-state index contributed by atoms with van der Waals surface area (Å²) in [5.41, 5.74) is 1.80. The number of nitrogens with one attached hydrogen (secondary N) is 1. The number of halogens is 1. The van der Waals surface area contributed by atoms with Crippen LogP contribution in [0.2, 0.25) is 0 Å². The molecule has 17 heavy (non-hydrogen) atoms. The van der Waals surface area contributed by atoms with Crippen LogP contribution in [0.25, 0.3) is 0 Å². The summed E-state index contributed by atoms with van der Waals surface area (Å²) in [6.07, 6.45) is 5.41. The predicted molar refractivity (Wildman–Crippen MR) is 75.4 cm³/mol. The van der Waals surface area contributed by atoms with Gasteiger partial charge < -0.3 is 10.4 Å². The van der Waals surface area contributed by atoms with E-state index in [2.05, 4.69) is 34.2 Å². The standard InChI is InChI=1S/C14H20BrNO/c1-11-12(15)6-5-7-13(11)16-10-14(17)8-3-2-4-9-14/h5-7,16-17H,2-4,8-10H2,1H3. The quantitative estimate of drug-likeness (QED) is 0.888. The summed E-state index contributed by atoms with van der Waals surface area (Å²) in [4.78, 5) is 0. The first-order valence-corrected chi connectivity index (χ1v) is 7.11. The third kappa shape index (κ3) is 3.23. The van der Waals surface area contributed by atoms with E-state index in [0.717, 1.165) is 35.8 Å². The van der Waals surface area contributed by atoms with E-state index in [1.165, 1.54) is 12.0 Å². The van der Waals surface area contributed by atoms with Crippen molar-refractivity contribution in [1.29, 1.82) is 0 Å². The van der Waals surface area contributed by atoms with Crippen LogP contribution in [0.1, 0.15) is 37.7 Å². The maximum atomic E-state index is 10.4. The summed E-state index contributed by atoms with van der Waals surface area (Å²) in [7, 11) is 0. The van der Waals surface area contributed by atoms with Gasteiger partial charge in [0.1, 0.15) is 0 Å². The second-order valence-electron chi connectivity index (χ2n) is 5.05. The molecule has 3 heteroatoms. The van der Waals surface area contributed by atoms with Crippen molar-refractivity contribution < 1.29 is 5.11 Å². The van der Waals surface area contributed by atoms with E-state index in [-0.39, 0.29) is 0 Å². The van der Waals surface area contributed by atoms with E-state index in [4.69, 9.17) is 0 Å². The lowest BCUT2D eigenvalue weighted by atomic mass is 9.85. The second-order valence-corrected chi connectivity index (χ2v) is 5.91. The van der Waals surface area contributed by atoms with Gasteiger partial charge in [-0.25, -0.2) is 0 Å².